The van der Waals surface area contributed by atoms with Crippen molar-refractivity contribution in [3.63, 3.8) is 0 Å². The van der Waals surface area contributed by atoms with Crippen LogP contribution in [0, 0.1) is 0 Å². The zero-order valence-corrected chi connectivity index (χ0v) is 44.2. The topological polar surface area (TPSA) is 108 Å². The quantitative estimate of drug-likeness (QED) is 0.0272. The molecule has 0 aliphatic rings. The summed E-state index contributed by atoms with van der Waals surface area (Å²) in [5.74, 6) is -0.238. The Balaban J connectivity index is 4.39. The van der Waals surface area contributed by atoms with Crippen molar-refractivity contribution in [1.29, 1.82) is 0 Å². The summed E-state index contributed by atoms with van der Waals surface area (Å²) in [5.41, 5.74) is 0. The van der Waals surface area contributed by atoms with Crippen LogP contribution in [0.4, 0.5) is 0 Å². The van der Waals surface area contributed by atoms with Gasteiger partial charge in [0.25, 0.3) is 7.82 Å². The fourth-order valence-electron chi connectivity index (χ4n) is 6.77. The van der Waals surface area contributed by atoms with Gasteiger partial charge in [0.2, 0.25) is 5.91 Å². The first-order valence-electron chi connectivity index (χ1n) is 26.4. The van der Waals surface area contributed by atoms with Gasteiger partial charge in [-0.15, -0.1) is 0 Å². The number of hydrogen-bond donors (Lipinski definition) is 2. The van der Waals surface area contributed by atoms with Crippen molar-refractivity contribution in [3.8, 4) is 0 Å². The molecule has 0 saturated carbocycles. The first-order chi connectivity index (χ1) is 32.5. The Kier molecular flexibility index (Phi) is 45.7. The van der Waals surface area contributed by atoms with E-state index < -0.39 is 26.6 Å². The van der Waals surface area contributed by atoms with Crippen molar-refractivity contribution in [3.05, 3.63) is 122 Å². The molecule has 0 aliphatic heterocycles. The van der Waals surface area contributed by atoms with Gasteiger partial charge >= 0.3 is 0 Å². The third-order valence-electron chi connectivity index (χ3n) is 10.9. The minimum Gasteiger partial charge on any atom is -0.756 e. The minimum atomic E-state index is -4.62. The van der Waals surface area contributed by atoms with Gasteiger partial charge in [-0.2, -0.15) is 0 Å². The molecule has 8 nitrogen and oxygen atoms in total. The Morgan fingerprint density at radius 1 is 0.537 bits per heavy atom. The molecule has 0 rings (SSSR count). The molecular weight excluding hydrogens is 852 g/mol. The Hall–Kier alpha value is -3.10. The molecule has 1 amide bonds. The molecule has 67 heavy (non-hydrogen) atoms. The summed E-state index contributed by atoms with van der Waals surface area (Å²) in [6.45, 7) is 4.47. The summed E-state index contributed by atoms with van der Waals surface area (Å²) in [4.78, 5) is 25.4. The number of likely N-dealkylation sites (N-methyl/N-ethyl adjacent to an activating group) is 1. The fraction of sp³-hybridized carbons (Fsp3) is 0.638. The summed E-state index contributed by atoms with van der Waals surface area (Å²) >= 11 is 0. The predicted molar refractivity (Wildman–Crippen MR) is 288 cm³/mol. The average molecular weight is 951 g/mol. The first-order valence-corrected chi connectivity index (χ1v) is 27.9. The highest BCUT2D eigenvalue weighted by Crippen LogP contribution is 2.38. The zero-order chi connectivity index (χ0) is 49.2. The van der Waals surface area contributed by atoms with Crippen LogP contribution in [0.3, 0.4) is 0 Å². The third-order valence-corrected chi connectivity index (χ3v) is 11.9. The number of phosphoric acid groups is 1. The van der Waals surface area contributed by atoms with Crippen molar-refractivity contribution in [2.24, 2.45) is 0 Å². The van der Waals surface area contributed by atoms with Gasteiger partial charge in [0.05, 0.1) is 39.9 Å². The van der Waals surface area contributed by atoms with Crippen LogP contribution in [0.15, 0.2) is 122 Å². The Bertz CT molecular complexity index is 1500. The fourth-order valence-corrected chi connectivity index (χ4v) is 7.49. The van der Waals surface area contributed by atoms with E-state index in [9.17, 15) is 19.4 Å². The van der Waals surface area contributed by atoms with E-state index in [4.69, 9.17) is 9.05 Å². The van der Waals surface area contributed by atoms with E-state index in [1.807, 2.05) is 27.2 Å². The molecule has 0 heterocycles. The lowest BCUT2D eigenvalue weighted by atomic mass is 10.1. The smallest absolute Gasteiger partial charge is 0.268 e. The van der Waals surface area contributed by atoms with Gasteiger partial charge in [0.1, 0.15) is 13.2 Å². The molecule has 9 heteroatoms. The standard InChI is InChI=1S/C58H99N2O6P/c1-6-8-10-12-14-16-18-20-22-24-25-26-27-28-29-30-31-32-33-34-35-36-38-40-42-44-46-48-50-52-58(62)59-56(55-66-67(63,64)65-54-53-60(3,4)5)57(61)51-49-47-45-43-41-39-37-23-21-19-17-15-13-11-9-7-2/h8,10,14,16,20,22,25-26,28-29,31-32,34-35,38,40-41,43,49,51,56-57,61H,6-7,9,11-13,15,17-19,21,23-24,27,30,33,36-37,39,42,44-48,50,52-55H2,1-5H3,(H-,59,62,63,64)/b10-8-,16-14-,22-20-,26-25-,29-28-,32-31-,35-34-,40-38-,43-41+,51-49+. The number of aliphatic hydroxyl groups is 1. The predicted octanol–water partition coefficient (Wildman–Crippen LogP) is 15.2. The molecule has 0 radical (unpaired) electrons. The second kappa shape index (κ2) is 47.9. The summed E-state index contributed by atoms with van der Waals surface area (Å²) in [7, 11) is 1.20. The maximum absolute atomic E-state index is 12.9. The maximum atomic E-state index is 12.9. The second-order valence-electron chi connectivity index (χ2n) is 18.5. The molecule has 0 aromatic heterocycles. The van der Waals surface area contributed by atoms with E-state index in [0.29, 0.717) is 23.9 Å². The Labute approximate surface area is 412 Å². The lowest BCUT2D eigenvalue weighted by molar-refractivity contribution is -0.870. The molecule has 3 atom stereocenters. The number of carbonyl (C=O) groups excluding carboxylic acids is 1. The number of rotatable bonds is 46. The number of nitrogens with one attached hydrogen (secondary N) is 1. The number of allylic oxidation sites excluding steroid dienone is 19. The van der Waals surface area contributed by atoms with Gasteiger partial charge in [0, 0.05) is 6.42 Å². The lowest BCUT2D eigenvalue weighted by Crippen LogP contribution is -2.45. The number of aliphatic hydroxyl groups excluding tert-OH is 1. The van der Waals surface area contributed by atoms with Crippen LogP contribution in [0.5, 0.6) is 0 Å². The molecule has 0 aromatic rings. The SMILES string of the molecule is CC/C=C\C/C=C\C/C=C\C/C=C\C/C=C\C/C=C\C/C=C\C/C=C\CCCCCCC(=O)NC(COP(=O)([O-])OCC[N+](C)(C)C)C(O)/C=C/CC/C=C/CCCCCCCCCCCC. The summed E-state index contributed by atoms with van der Waals surface area (Å²) in [6, 6.07) is -0.926. The molecule has 0 aliphatic carbocycles. The van der Waals surface area contributed by atoms with E-state index in [0.717, 1.165) is 96.3 Å². The monoisotopic (exact) mass is 951 g/mol. The van der Waals surface area contributed by atoms with Crippen molar-refractivity contribution < 1.29 is 32.9 Å². The molecular formula is C58H99N2O6P. The number of nitrogens with zero attached hydrogens (tertiary/aromatic N) is 1. The number of carbonyl (C=O) groups is 1. The number of phosphoric ester groups is 1. The highest BCUT2D eigenvalue weighted by molar-refractivity contribution is 7.45. The van der Waals surface area contributed by atoms with Crippen molar-refractivity contribution in [2.45, 2.75) is 199 Å². The van der Waals surface area contributed by atoms with Crippen LogP contribution in [-0.4, -0.2) is 68.5 Å². The van der Waals surface area contributed by atoms with Gasteiger partial charge in [0.15, 0.2) is 0 Å². The van der Waals surface area contributed by atoms with E-state index in [2.05, 4.69) is 129 Å². The maximum Gasteiger partial charge on any atom is 0.268 e. The van der Waals surface area contributed by atoms with Crippen LogP contribution < -0.4 is 10.2 Å². The van der Waals surface area contributed by atoms with E-state index in [1.54, 1.807) is 6.08 Å². The number of unbranched alkanes of at least 4 members (excludes halogenated alkanes) is 15. The second-order valence-corrected chi connectivity index (χ2v) is 19.9. The van der Waals surface area contributed by atoms with Crippen LogP contribution in [-0.2, 0) is 18.4 Å². The largest absolute Gasteiger partial charge is 0.756 e. The van der Waals surface area contributed by atoms with Crippen molar-refractivity contribution >= 4 is 13.7 Å². The third kappa shape index (κ3) is 50.6. The molecule has 0 bridgehead atoms. The van der Waals surface area contributed by atoms with Crippen molar-refractivity contribution in [2.75, 3.05) is 40.9 Å². The van der Waals surface area contributed by atoms with Gasteiger partial charge < -0.3 is 28.8 Å². The number of hydrogen-bond acceptors (Lipinski definition) is 6. The normalized spacial score (nSPS) is 15.0. The molecule has 3 unspecified atom stereocenters. The average Bonchev–Trinajstić information content (AvgIpc) is 3.29. The van der Waals surface area contributed by atoms with Crippen LogP contribution in [0.1, 0.15) is 187 Å². The molecule has 382 valence electrons. The Morgan fingerprint density at radius 2 is 0.925 bits per heavy atom. The molecule has 2 N–H and O–H groups in total. The van der Waals surface area contributed by atoms with Crippen LogP contribution in [0.25, 0.3) is 0 Å². The van der Waals surface area contributed by atoms with Gasteiger partial charge in [-0.1, -0.05) is 206 Å². The summed E-state index contributed by atoms with van der Waals surface area (Å²) in [5, 5.41) is 13.8. The number of quaternary nitrogens is 1. The van der Waals surface area contributed by atoms with Crippen molar-refractivity contribution in [1.82, 2.24) is 5.32 Å². The molecule has 0 saturated heterocycles. The zero-order valence-electron chi connectivity index (χ0n) is 43.3. The van der Waals surface area contributed by atoms with E-state index in [1.165, 1.54) is 64.2 Å². The van der Waals surface area contributed by atoms with E-state index in [-0.39, 0.29) is 12.5 Å². The van der Waals surface area contributed by atoms with Crippen LogP contribution in [0.2, 0.25) is 0 Å². The van der Waals surface area contributed by atoms with Gasteiger partial charge in [-0.3, -0.25) is 9.36 Å². The Morgan fingerprint density at radius 3 is 1.39 bits per heavy atom. The molecule has 0 spiro atoms. The minimum absolute atomic E-state index is 0.0188. The summed E-state index contributed by atoms with van der Waals surface area (Å²) < 4.78 is 23.2. The highest BCUT2D eigenvalue weighted by Gasteiger charge is 2.23. The highest BCUT2D eigenvalue weighted by atomic mass is 31.2. The van der Waals surface area contributed by atoms with Gasteiger partial charge in [-0.05, 0) is 96.3 Å². The molecule has 0 fully saturated rings. The first kappa shape index (κ1) is 63.9. The van der Waals surface area contributed by atoms with Gasteiger partial charge in [-0.25, -0.2) is 0 Å². The van der Waals surface area contributed by atoms with E-state index >= 15 is 0 Å². The molecule has 0 aromatic carbocycles. The lowest BCUT2D eigenvalue weighted by Gasteiger charge is -2.29. The number of amides is 1. The summed E-state index contributed by atoms with van der Waals surface area (Å²) in [6.07, 6.45) is 71.2. The van der Waals surface area contributed by atoms with Crippen LogP contribution >= 0.6 is 7.82 Å².